The first kappa shape index (κ1) is 19.3. The summed E-state index contributed by atoms with van der Waals surface area (Å²) >= 11 is 2.88. The van der Waals surface area contributed by atoms with E-state index in [1.54, 1.807) is 6.07 Å². The highest BCUT2D eigenvalue weighted by atomic mass is 32.1. The van der Waals surface area contributed by atoms with Crippen molar-refractivity contribution in [2.75, 3.05) is 30.7 Å². The second kappa shape index (κ2) is 7.80. The van der Waals surface area contributed by atoms with Gasteiger partial charge in [0.1, 0.15) is 29.2 Å². The van der Waals surface area contributed by atoms with Crippen molar-refractivity contribution in [1.29, 1.82) is 0 Å². The third-order valence-corrected chi connectivity index (χ3v) is 6.87. The number of aryl methyl sites for hydroxylation is 1. The van der Waals surface area contributed by atoms with Gasteiger partial charge in [-0.25, -0.2) is 9.37 Å². The predicted octanol–water partition coefficient (Wildman–Crippen LogP) is 2.34. The van der Waals surface area contributed by atoms with Crippen LogP contribution in [0.2, 0.25) is 0 Å². The number of rotatable bonds is 6. The highest BCUT2D eigenvalue weighted by Gasteiger charge is 2.27. The molecule has 0 bridgehead atoms. The van der Waals surface area contributed by atoms with Crippen molar-refractivity contribution >= 4 is 43.6 Å². The largest absolute Gasteiger partial charge is 0.491 e. The fourth-order valence-electron chi connectivity index (χ4n) is 3.28. The molecule has 7 nitrogen and oxygen atoms in total. The van der Waals surface area contributed by atoms with E-state index in [4.69, 9.17) is 16.2 Å². The minimum atomic E-state index is -0.963. The molecular formula is C18H22FN5O2S2. The number of nitrogen functional groups attached to an aromatic ring is 1. The Hall–Kier alpha value is -1.98. The topological polar surface area (TPSA) is 118 Å². The first-order valence-electron chi connectivity index (χ1n) is 8.94. The molecule has 1 aliphatic heterocycles. The number of thiophene rings is 1. The van der Waals surface area contributed by atoms with Gasteiger partial charge in [-0.15, -0.1) is 22.7 Å². The number of thiazole rings is 1. The van der Waals surface area contributed by atoms with E-state index in [2.05, 4.69) is 15.6 Å². The molecule has 3 heterocycles. The molecule has 10 heteroatoms. The number of fused-ring (bicyclic) bond motifs is 2. The normalized spacial score (nSPS) is 17.4. The number of benzene rings is 1. The van der Waals surface area contributed by atoms with Crippen LogP contribution < -0.4 is 26.8 Å². The minimum Gasteiger partial charge on any atom is -0.491 e. The third-order valence-electron chi connectivity index (χ3n) is 4.58. The van der Waals surface area contributed by atoms with E-state index in [0.717, 1.165) is 14.5 Å². The van der Waals surface area contributed by atoms with Gasteiger partial charge < -0.3 is 26.6 Å². The highest BCUT2D eigenvalue weighted by Crippen LogP contribution is 2.40. The van der Waals surface area contributed by atoms with Gasteiger partial charge in [0.05, 0.1) is 20.3 Å². The molecule has 0 fully saturated rings. The van der Waals surface area contributed by atoms with Crippen LogP contribution in [0.15, 0.2) is 12.1 Å². The Morgan fingerprint density at radius 3 is 3.00 bits per heavy atom. The van der Waals surface area contributed by atoms with Crippen molar-refractivity contribution in [3.05, 3.63) is 33.4 Å². The monoisotopic (exact) mass is 423 g/mol. The quantitative estimate of drug-likeness (QED) is 0.386. The molecule has 0 radical (unpaired) electrons. The van der Waals surface area contributed by atoms with Gasteiger partial charge in [0, 0.05) is 36.4 Å². The molecule has 7 N–H and O–H groups in total. The number of nitrogens with one attached hydrogen (secondary N) is 2. The predicted molar refractivity (Wildman–Crippen MR) is 112 cm³/mol. The lowest BCUT2D eigenvalue weighted by Crippen LogP contribution is -2.41. The van der Waals surface area contributed by atoms with Crippen LogP contribution in [-0.4, -0.2) is 35.8 Å². The fourth-order valence-corrected chi connectivity index (χ4v) is 5.42. The minimum absolute atomic E-state index is 0.242. The summed E-state index contributed by atoms with van der Waals surface area (Å²) in [5.74, 6) is 0.178. The van der Waals surface area contributed by atoms with Crippen LogP contribution in [0.1, 0.15) is 21.7 Å². The number of hydrogen-bond acceptors (Lipinski definition) is 9. The summed E-state index contributed by atoms with van der Waals surface area (Å²) in [6.45, 7) is 3.26. The Morgan fingerprint density at radius 1 is 1.43 bits per heavy atom. The van der Waals surface area contributed by atoms with Crippen molar-refractivity contribution in [3.8, 4) is 5.75 Å². The lowest BCUT2D eigenvalue weighted by Gasteiger charge is -2.28. The molecule has 2 atom stereocenters. The number of nitrogens with zero attached hydrogens (tertiary/aromatic N) is 1. The summed E-state index contributed by atoms with van der Waals surface area (Å²) in [6, 6.07) is 2.98. The Morgan fingerprint density at radius 2 is 2.25 bits per heavy atom. The molecule has 28 heavy (non-hydrogen) atoms. The van der Waals surface area contributed by atoms with Crippen molar-refractivity contribution in [3.63, 3.8) is 0 Å². The summed E-state index contributed by atoms with van der Waals surface area (Å²) < 4.78 is 21.2. The molecule has 3 aromatic rings. The maximum atomic E-state index is 14.5. The van der Waals surface area contributed by atoms with Crippen molar-refractivity contribution in [2.45, 2.75) is 25.6 Å². The Kier molecular flexibility index (Phi) is 5.39. The van der Waals surface area contributed by atoms with E-state index in [-0.39, 0.29) is 11.9 Å². The molecule has 150 valence electrons. The number of nitrogens with two attached hydrogens (primary N) is 2. The van der Waals surface area contributed by atoms with E-state index in [0.29, 0.717) is 53.7 Å². The zero-order valence-corrected chi connectivity index (χ0v) is 16.9. The van der Waals surface area contributed by atoms with Crippen LogP contribution in [0.4, 0.5) is 15.8 Å². The average molecular weight is 424 g/mol. The molecule has 1 aromatic carbocycles. The summed E-state index contributed by atoms with van der Waals surface area (Å²) in [6.07, 6.45) is -0.553. The highest BCUT2D eigenvalue weighted by molar-refractivity contribution is 7.28. The Balaban J connectivity index is 1.48. The molecule has 2 aromatic heterocycles. The van der Waals surface area contributed by atoms with E-state index in [1.165, 1.54) is 28.7 Å². The van der Waals surface area contributed by atoms with Gasteiger partial charge in [-0.1, -0.05) is 0 Å². The van der Waals surface area contributed by atoms with Gasteiger partial charge in [-0.2, -0.15) is 0 Å². The smallest absolute Gasteiger partial charge is 0.142 e. The Labute approximate surface area is 169 Å². The lowest BCUT2D eigenvalue weighted by atomic mass is 10.0. The molecule has 4 rings (SSSR count). The molecule has 1 aliphatic rings. The number of halogens is 1. The standard InChI is InChI=1S/C18H22FN5O2S2/c1-8-23-18-16(27-8)14(21)15(28-18)17(25)24-10-4-11-12(19)5-9(22-3-2-20)6-13(11)26-7-10/h5-6,10,17,22,24-25H,2-4,7,20-21H2,1H3/t10-,17?/m0/s1. The van der Waals surface area contributed by atoms with Crippen LogP contribution in [0.5, 0.6) is 5.75 Å². The van der Waals surface area contributed by atoms with Crippen LogP contribution in [0.3, 0.4) is 0 Å². The summed E-state index contributed by atoms with van der Waals surface area (Å²) in [4.78, 5) is 5.87. The average Bonchev–Trinajstić information content (AvgIpc) is 3.18. The number of aromatic nitrogens is 1. The maximum Gasteiger partial charge on any atom is 0.142 e. The van der Waals surface area contributed by atoms with Gasteiger partial charge in [0.2, 0.25) is 0 Å². The van der Waals surface area contributed by atoms with Crippen LogP contribution >= 0.6 is 22.7 Å². The van der Waals surface area contributed by atoms with Crippen molar-refractivity contribution in [2.24, 2.45) is 5.73 Å². The SMILES string of the molecule is Cc1nc2sc(C(O)N[C@@H]3COc4cc(NCCN)cc(F)c4C3)c(N)c2s1. The number of anilines is 2. The van der Waals surface area contributed by atoms with E-state index >= 15 is 0 Å². The van der Waals surface area contributed by atoms with Gasteiger partial charge in [0.15, 0.2) is 0 Å². The van der Waals surface area contributed by atoms with Gasteiger partial charge >= 0.3 is 0 Å². The molecule has 0 amide bonds. The third kappa shape index (κ3) is 3.65. The molecule has 0 saturated carbocycles. The van der Waals surface area contributed by atoms with Crippen LogP contribution in [-0.2, 0) is 6.42 Å². The summed E-state index contributed by atoms with van der Waals surface area (Å²) in [5.41, 5.74) is 13.3. The van der Waals surface area contributed by atoms with E-state index in [1.807, 2.05) is 6.92 Å². The Bertz CT molecular complexity index is 1010. The first-order valence-corrected chi connectivity index (χ1v) is 10.6. The molecule has 0 spiro atoms. The molecule has 1 unspecified atom stereocenters. The van der Waals surface area contributed by atoms with Crippen LogP contribution in [0, 0.1) is 12.7 Å². The zero-order valence-electron chi connectivity index (χ0n) is 15.3. The maximum absolute atomic E-state index is 14.5. The zero-order chi connectivity index (χ0) is 19.8. The van der Waals surface area contributed by atoms with Crippen molar-refractivity contribution in [1.82, 2.24) is 10.3 Å². The second-order valence-corrected chi connectivity index (χ2v) is 8.91. The lowest BCUT2D eigenvalue weighted by molar-refractivity contribution is 0.106. The first-order chi connectivity index (χ1) is 13.5. The summed E-state index contributed by atoms with van der Waals surface area (Å²) in [5, 5.41) is 17.7. The second-order valence-electron chi connectivity index (χ2n) is 6.68. The number of ether oxygens (including phenoxy) is 1. The van der Waals surface area contributed by atoms with E-state index < -0.39 is 6.23 Å². The van der Waals surface area contributed by atoms with Gasteiger partial charge in [-0.05, 0) is 19.4 Å². The number of aliphatic hydroxyl groups is 1. The molecule has 0 saturated heterocycles. The van der Waals surface area contributed by atoms with Crippen molar-refractivity contribution < 1.29 is 14.2 Å². The van der Waals surface area contributed by atoms with Gasteiger partial charge in [0.25, 0.3) is 0 Å². The van der Waals surface area contributed by atoms with Crippen LogP contribution in [0.25, 0.3) is 9.53 Å². The molecular weight excluding hydrogens is 401 g/mol. The number of aliphatic hydroxyl groups excluding tert-OH is 1. The molecule has 0 aliphatic carbocycles. The van der Waals surface area contributed by atoms with Gasteiger partial charge in [-0.3, -0.25) is 5.32 Å². The van der Waals surface area contributed by atoms with E-state index in [9.17, 15) is 9.50 Å². The summed E-state index contributed by atoms with van der Waals surface area (Å²) in [7, 11) is 0. The number of hydrogen-bond donors (Lipinski definition) is 5. The fraction of sp³-hybridized carbons (Fsp3) is 0.389.